The minimum Gasteiger partial charge on any atom is -0.324 e. The van der Waals surface area contributed by atoms with Gasteiger partial charge in [-0.25, -0.2) is 9.97 Å². The Bertz CT molecular complexity index is 939. The van der Waals surface area contributed by atoms with Crippen LogP contribution in [0.4, 0.5) is 0 Å². The summed E-state index contributed by atoms with van der Waals surface area (Å²) < 4.78 is 0. The first-order chi connectivity index (χ1) is 8.54. The molecular formula is C13H11N5. The van der Waals surface area contributed by atoms with Gasteiger partial charge in [-0.15, -0.1) is 0 Å². The number of H-pyrrole nitrogens is 1. The second-order valence-corrected chi connectivity index (χ2v) is 4.29. The Morgan fingerprint density at radius 2 is 1.61 bits per heavy atom. The third-order valence-corrected chi connectivity index (χ3v) is 2.92. The third-order valence-electron chi connectivity index (χ3n) is 2.92. The molecule has 3 aromatic heterocycles. The number of aromatic nitrogens is 3. The number of nitrogens with zero attached hydrogens (tertiary/aromatic N) is 2. The molecule has 0 aliphatic carbocycles. The highest BCUT2D eigenvalue weighted by Crippen LogP contribution is 2.14. The van der Waals surface area contributed by atoms with E-state index in [-0.39, 0.29) is 11.0 Å². The van der Waals surface area contributed by atoms with E-state index < -0.39 is 0 Å². The van der Waals surface area contributed by atoms with Crippen molar-refractivity contribution in [3.63, 3.8) is 0 Å². The van der Waals surface area contributed by atoms with Crippen LogP contribution in [0.1, 0.15) is 5.56 Å². The van der Waals surface area contributed by atoms with Crippen LogP contribution in [0, 0.1) is 17.7 Å². The number of fused-ring (bicyclic) bond motifs is 2. The zero-order valence-electron chi connectivity index (χ0n) is 9.83. The van der Waals surface area contributed by atoms with E-state index in [4.69, 9.17) is 10.8 Å². The molecule has 0 aliphatic rings. The highest BCUT2D eigenvalue weighted by atomic mass is 14.9. The number of aromatic amines is 1. The molecule has 5 heteroatoms. The summed E-state index contributed by atoms with van der Waals surface area (Å²) in [6.45, 7) is 5.63. The molecule has 0 bridgehead atoms. The third kappa shape index (κ3) is 1.48. The molecule has 0 aromatic carbocycles. The molecule has 88 valence electrons. The van der Waals surface area contributed by atoms with Crippen molar-refractivity contribution in [3.05, 3.63) is 40.0 Å². The fourth-order valence-electron chi connectivity index (χ4n) is 1.91. The van der Waals surface area contributed by atoms with Gasteiger partial charge in [-0.3, -0.25) is 10.8 Å². The lowest BCUT2D eigenvalue weighted by molar-refractivity contribution is 1.06. The van der Waals surface area contributed by atoms with Crippen LogP contribution in [0.2, 0.25) is 0 Å². The van der Waals surface area contributed by atoms with Crippen LogP contribution in [-0.4, -0.2) is 15.0 Å². The first-order valence-corrected chi connectivity index (χ1v) is 5.48. The van der Waals surface area contributed by atoms with Crippen molar-refractivity contribution in [2.75, 3.05) is 0 Å². The summed E-state index contributed by atoms with van der Waals surface area (Å²) in [7, 11) is 0. The zero-order chi connectivity index (χ0) is 12.9. The Balaban J connectivity index is 2.55. The van der Waals surface area contributed by atoms with Crippen molar-refractivity contribution in [1.82, 2.24) is 15.0 Å². The standard InChI is InChI=1S/C13H11N5/c1-6-3-8-5-9-4-7(2)11(15)17-13(9)18-12(8)16-10(6)14/h3-5H,1H2,2H3,(H3,14,15,16,17,18). The Kier molecular flexibility index (Phi) is 2.04. The van der Waals surface area contributed by atoms with E-state index in [1.807, 2.05) is 25.1 Å². The van der Waals surface area contributed by atoms with E-state index in [1.54, 1.807) is 0 Å². The van der Waals surface area contributed by atoms with E-state index >= 15 is 0 Å². The second kappa shape index (κ2) is 3.46. The quantitative estimate of drug-likeness (QED) is 0.497. The second-order valence-electron chi connectivity index (χ2n) is 4.29. The van der Waals surface area contributed by atoms with Crippen LogP contribution in [-0.2, 0) is 0 Å². The van der Waals surface area contributed by atoms with Gasteiger partial charge in [0.05, 0.1) is 0 Å². The largest absolute Gasteiger partial charge is 0.324 e. The van der Waals surface area contributed by atoms with Gasteiger partial charge in [-0.1, -0.05) is 6.58 Å². The van der Waals surface area contributed by atoms with Gasteiger partial charge in [0.1, 0.15) is 16.8 Å². The van der Waals surface area contributed by atoms with Crippen LogP contribution in [0.25, 0.3) is 28.6 Å². The molecule has 0 fully saturated rings. The number of aryl methyl sites for hydroxylation is 1. The summed E-state index contributed by atoms with van der Waals surface area (Å²) >= 11 is 0. The highest BCUT2D eigenvalue weighted by Gasteiger charge is 2.02. The summed E-state index contributed by atoms with van der Waals surface area (Å²) in [5.41, 5.74) is 2.43. The number of pyridine rings is 3. The molecule has 0 saturated heterocycles. The molecule has 0 radical (unpaired) electrons. The molecule has 0 atom stereocenters. The van der Waals surface area contributed by atoms with E-state index in [0.29, 0.717) is 16.5 Å². The first kappa shape index (κ1) is 10.6. The predicted molar refractivity (Wildman–Crippen MR) is 68.6 cm³/mol. The molecule has 0 spiro atoms. The van der Waals surface area contributed by atoms with E-state index in [2.05, 4.69) is 21.5 Å². The fourth-order valence-corrected chi connectivity index (χ4v) is 1.91. The maximum absolute atomic E-state index is 7.69. The van der Waals surface area contributed by atoms with E-state index in [1.165, 1.54) is 0 Å². The minimum absolute atomic E-state index is 0.149. The van der Waals surface area contributed by atoms with E-state index in [0.717, 1.165) is 16.3 Å². The average Bonchev–Trinajstić information content (AvgIpc) is 2.31. The smallest absolute Gasteiger partial charge is 0.153 e. The number of nitrogens with one attached hydrogen (secondary N) is 3. The summed E-state index contributed by atoms with van der Waals surface area (Å²) in [6.07, 6.45) is 0. The van der Waals surface area contributed by atoms with E-state index in [9.17, 15) is 0 Å². The van der Waals surface area contributed by atoms with Gasteiger partial charge < -0.3 is 4.98 Å². The lowest BCUT2D eigenvalue weighted by Crippen LogP contribution is -2.25. The zero-order valence-corrected chi connectivity index (χ0v) is 9.83. The molecule has 18 heavy (non-hydrogen) atoms. The number of hydrogen-bond acceptors (Lipinski definition) is 4. The molecule has 5 nitrogen and oxygen atoms in total. The maximum Gasteiger partial charge on any atom is 0.153 e. The lowest BCUT2D eigenvalue weighted by Gasteiger charge is -2.03. The molecule has 0 saturated carbocycles. The first-order valence-electron chi connectivity index (χ1n) is 5.48. The van der Waals surface area contributed by atoms with Crippen molar-refractivity contribution < 1.29 is 0 Å². The highest BCUT2D eigenvalue weighted by molar-refractivity contribution is 5.89. The average molecular weight is 237 g/mol. The predicted octanol–water partition coefficient (Wildman–Crippen LogP) is 0.508. The Hall–Kier alpha value is -2.56. The van der Waals surface area contributed by atoms with Crippen LogP contribution in [0.15, 0.2) is 18.2 Å². The normalized spacial score (nSPS) is 11.2. The minimum atomic E-state index is 0.149. The van der Waals surface area contributed by atoms with Gasteiger partial charge in [0, 0.05) is 16.0 Å². The van der Waals surface area contributed by atoms with Crippen molar-refractivity contribution >= 4 is 28.6 Å². The molecule has 3 N–H and O–H groups in total. The SMILES string of the molecule is C=c1cc2cc3cc(C)c(=N)nc3[nH]c2nc1=N. The Labute approximate surface area is 102 Å². The molecule has 3 aromatic rings. The maximum atomic E-state index is 7.69. The summed E-state index contributed by atoms with van der Waals surface area (Å²) in [5, 5.41) is 17.7. The number of rotatable bonds is 0. The van der Waals surface area contributed by atoms with Crippen LogP contribution >= 0.6 is 0 Å². The summed E-state index contributed by atoms with van der Waals surface area (Å²) in [4.78, 5) is 11.4. The van der Waals surface area contributed by atoms with Gasteiger partial charge >= 0.3 is 0 Å². The van der Waals surface area contributed by atoms with Crippen molar-refractivity contribution in [2.45, 2.75) is 6.92 Å². The fraction of sp³-hybridized carbons (Fsp3) is 0.0769. The van der Waals surface area contributed by atoms with Crippen LogP contribution in [0.3, 0.4) is 0 Å². The van der Waals surface area contributed by atoms with Crippen LogP contribution < -0.4 is 16.2 Å². The Morgan fingerprint density at radius 3 is 2.33 bits per heavy atom. The summed E-state index contributed by atoms with van der Waals surface area (Å²) in [6, 6.07) is 5.68. The molecule has 3 rings (SSSR count). The van der Waals surface area contributed by atoms with Crippen molar-refractivity contribution in [1.29, 1.82) is 10.8 Å². The molecule has 0 unspecified atom stereocenters. The van der Waals surface area contributed by atoms with Crippen LogP contribution in [0.5, 0.6) is 0 Å². The molecule has 3 heterocycles. The molecule has 0 amide bonds. The van der Waals surface area contributed by atoms with Gasteiger partial charge in [-0.2, -0.15) is 0 Å². The monoisotopic (exact) mass is 237 g/mol. The summed E-state index contributed by atoms with van der Waals surface area (Å²) in [5.74, 6) is 0. The van der Waals surface area contributed by atoms with Gasteiger partial charge in [0.15, 0.2) is 5.49 Å². The van der Waals surface area contributed by atoms with Gasteiger partial charge in [0.2, 0.25) is 0 Å². The Morgan fingerprint density at radius 1 is 1.00 bits per heavy atom. The number of hydrogen-bond donors (Lipinski definition) is 3. The van der Waals surface area contributed by atoms with Crippen molar-refractivity contribution in [3.8, 4) is 0 Å². The molecule has 0 aliphatic heterocycles. The van der Waals surface area contributed by atoms with Crippen molar-refractivity contribution in [2.24, 2.45) is 0 Å². The topological polar surface area (TPSA) is 89.3 Å². The lowest BCUT2D eigenvalue weighted by atomic mass is 10.2. The molecular weight excluding hydrogens is 226 g/mol. The van der Waals surface area contributed by atoms with Gasteiger partial charge in [-0.05, 0) is 30.7 Å². The van der Waals surface area contributed by atoms with Gasteiger partial charge in [0.25, 0.3) is 0 Å².